The van der Waals surface area contributed by atoms with E-state index in [-0.39, 0.29) is 11.7 Å². The first-order chi connectivity index (χ1) is 15.3. The lowest BCUT2D eigenvalue weighted by molar-refractivity contribution is 0.100. The zero-order valence-corrected chi connectivity index (χ0v) is 19.4. The van der Waals surface area contributed by atoms with E-state index >= 15 is 0 Å². The van der Waals surface area contributed by atoms with Gasteiger partial charge in [-0.05, 0) is 65.3 Å². The van der Waals surface area contributed by atoms with Crippen LogP contribution in [0.15, 0.2) is 42.6 Å². The summed E-state index contributed by atoms with van der Waals surface area (Å²) in [4.78, 5) is 15.3. The lowest BCUT2D eigenvalue weighted by atomic mass is 9.89. The largest absolute Gasteiger partial charge is 0.489 e. The van der Waals surface area contributed by atoms with Crippen molar-refractivity contribution in [2.24, 2.45) is 5.73 Å². The number of nitrogens with one attached hydrogen (secondary N) is 1. The van der Waals surface area contributed by atoms with Crippen LogP contribution in [-0.2, 0) is 21.2 Å². The Morgan fingerprint density at radius 3 is 2.59 bits per heavy atom. The number of halogens is 1. The van der Waals surface area contributed by atoms with Gasteiger partial charge in [0.15, 0.2) is 5.75 Å². The van der Waals surface area contributed by atoms with Gasteiger partial charge in [0.25, 0.3) is 16.3 Å². The molecule has 1 fully saturated rings. The first-order valence-corrected chi connectivity index (χ1v) is 12.6. The first kappa shape index (κ1) is 22.8. The molecule has 1 aromatic heterocycles. The fourth-order valence-electron chi connectivity index (χ4n) is 4.22. The van der Waals surface area contributed by atoms with E-state index < -0.39 is 16.3 Å². The zero-order chi connectivity index (χ0) is 22.9. The highest BCUT2D eigenvalue weighted by Crippen LogP contribution is 2.37. The summed E-state index contributed by atoms with van der Waals surface area (Å²) in [6.45, 7) is 3.16. The molecule has 1 aliphatic heterocycles. The van der Waals surface area contributed by atoms with Crippen LogP contribution in [0.5, 0.6) is 5.75 Å². The highest BCUT2D eigenvalue weighted by atomic mass is 35.5. The van der Waals surface area contributed by atoms with Crippen LogP contribution in [0.4, 0.5) is 0 Å². The van der Waals surface area contributed by atoms with E-state index in [0.717, 1.165) is 29.4 Å². The standard InChI is InChI=1S/C23H26ClN3O4S/c1-2-32(29,30)27-9-7-16(8-10-27)21-13-26-22-19(21)11-18(12-20(22)23(25)28)31-14-15-3-5-17(24)6-4-15/h3-6,11-13,16H,2,7-10,14H2,1H3,(H3-,25,26,28,29,30)/p+1. The number of H-pyrrole nitrogens is 1. The predicted octanol–water partition coefficient (Wildman–Crippen LogP) is 4.59. The van der Waals surface area contributed by atoms with Gasteiger partial charge in [-0.3, -0.25) is 4.79 Å². The quantitative estimate of drug-likeness (QED) is 0.433. The summed E-state index contributed by atoms with van der Waals surface area (Å²) >= 11 is 5.94. The Labute approximate surface area is 193 Å². The van der Waals surface area contributed by atoms with Crippen molar-refractivity contribution in [3.05, 3.63) is 64.3 Å². The molecule has 2 aromatic carbocycles. The van der Waals surface area contributed by atoms with Crippen molar-refractivity contribution in [3.8, 4) is 5.75 Å². The molecule has 1 aliphatic rings. The van der Waals surface area contributed by atoms with E-state index in [1.165, 1.54) is 0 Å². The molecule has 0 radical (unpaired) electrons. The molecule has 2 heterocycles. The van der Waals surface area contributed by atoms with Gasteiger partial charge in [-0.25, -0.2) is 0 Å². The monoisotopic (exact) mass is 476 g/mol. The van der Waals surface area contributed by atoms with Gasteiger partial charge in [0, 0.05) is 29.7 Å². The smallest absolute Gasteiger partial charge is 0.290 e. The van der Waals surface area contributed by atoms with Gasteiger partial charge in [0.05, 0.1) is 11.1 Å². The molecular weight excluding hydrogens is 450 g/mol. The minimum absolute atomic E-state index is 0.208. The number of fused-ring (bicyclic) bond motifs is 1. The Morgan fingerprint density at radius 2 is 1.97 bits per heavy atom. The van der Waals surface area contributed by atoms with E-state index in [4.69, 9.17) is 22.1 Å². The average molecular weight is 477 g/mol. The third kappa shape index (κ3) is 4.68. The maximum Gasteiger partial charge on any atom is 0.290 e. The van der Waals surface area contributed by atoms with Crippen LogP contribution in [0, 0.1) is 0 Å². The number of aromatic amines is 1. The van der Waals surface area contributed by atoms with E-state index in [1.807, 2.05) is 24.4 Å². The Kier molecular flexibility index (Phi) is 6.57. The van der Waals surface area contributed by atoms with E-state index in [0.29, 0.717) is 41.5 Å². The molecule has 0 aliphatic carbocycles. The SMILES string of the molecule is CC[S+](=O)(O)N1CCC(c2c[nH]c3c(C(N)=O)cc(OCc4ccc(Cl)cc4)cc23)CC1. The molecule has 4 N–H and O–H groups in total. The summed E-state index contributed by atoms with van der Waals surface area (Å²) in [7, 11) is -2.93. The van der Waals surface area contributed by atoms with Crippen molar-refractivity contribution in [2.45, 2.75) is 32.3 Å². The fourth-order valence-corrected chi connectivity index (χ4v) is 5.50. The second-order valence-corrected chi connectivity index (χ2v) is 10.8. The summed E-state index contributed by atoms with van der Waals surface area (Å²) in [6, 6.07) is 11.0. The Morgan fingerprint density at radius 1 is 1.28 bits per heavy atom. The average Bonchev–Trinajstić information content (AvgIpc) is 3.22. The summed E-state index contributed by atoms with van der Waals surface area (Å²) < 4.78 is 30.0. The van der Waals surface area contributed by atoms with Gasteiger partial charge in [0.2, 0.25) is 0 Å². The molecule has 32 heavy (non-hydrogen) atoms. The lowest BCUT2D eigenvalue weighted by Crippen LogP contribution is -2.42. The number of benzene rings is 2. The highest BCUT2D eigenvalue weighted by Gasteiger charge is 2.37. The number of amides is 1. The van der Waals surface area contributed by atoms with Gasteiger partial charge in [-0.15, -0.1) is 0 Å². The van der Waals surface area contributed by atoms with Crippen molar-refractivity contribution in [3.63, 3.8) is 0 Å². The molecule has 0 spiro atoms. The van der Waals surface area contributed by atoms with Crippen molar-refractivity contribution < 1.29 is 18.3 Å². The van der Waals surface area contributed by atoms with Crippen LogP contribution in [0.3, 0.4) is 0 Å². The number of rotatable bonds is 7. The second-order valence-electron chi connectivity index (χ2n) is 8.02. The van der Waals surface area contributed by atoms with Crippen molar-refractivity contribution in [1.29, 1.82) is 0 Å². The van der Waals surface area contributed by atoms with Gasteiger partial charge in [-0.2, -0.15) is 4.55 Å². The third-order valence-corrected chi connectivity index (χ3v) is 8.23. The molecule has 7 nitrogen and oxygen atoms in total. The van der Waals surface area contributed by atoms with Crippen LogP contribution in [0.1, 0.15) is 47.2 Å². The molecule has 1 saturated heterocycles. The van der Waals surface area contributed by atoms with Crippen LogP contribution >= 0.6 is 11.6 Å². The van der Waals surface area contributed by atoms with Crippen molar-refractivity contribution >= 4 is 38.8 Å². The summed E-state index contributed by atoms with van der Waals surface area (Å²) in [5.41, 5.74) is 8.74. The number of carbonyl (C=O) groups excluding carboxylic acids is 1. The number of primary amides is 1. The summed E-state index contributed by atoms with van der Waals surface area (Å²) in [6.07, 6.45) is 3.43. The summed E-state index contributed by atoms with van der Waals surface area (Å²) in [5.74, 6) is 0.461. The molecule has 9 heteroatoms. The molecule has 170 valence electrons. The summed E-state index contributed by atoms with van der Waals surface area (Å²) in [5, 5.41) is 1.55. The number of carbonyl (C=O) groups is 1. The number of piperidine rings is 1. The predicted molar refractivity (Wildman–Crippen MR) is 127 cm³/mol. The Bertz CT molecular complexity index is 1170. The first-order valence-electron chi connectivity index (χ1n) is 10.6. The number of hydrogen-bond acceptors (Lipinski definition) is 3. The minimum atomic E-state index is -2.93. The fraction of sp³-hybridized carbons (Fsp3) is 0.348. The van der Waals surface area contributed by atoms with E-state index in [9.17, 15) is 13.6 Å². The maximum absolute atomic E-state index is 12.3. The Balaban J connectivity index is 1.60. The second kappa shape index (κ2) is 9.23. The molecule has 1 amide bonds. The number of nitrogens with two attached hydrogens (primary N) is 1. The normalized spacial score (nSPS) is 17.3. The number of hydrogen-bond donors (Lipinski definition) is 3. The molecule has 3 aromatic rings. The number of nitrogens with zero attached hydrogens (tertiary/aromatic N) is 1. The lowest BCUT2D eigenvalue weighted by Gasteiger charge is -2.29. The maximum atomic E-state index is 12.3. The van der Waals surface area contributed by atoms with Crippen LogP contribution in [0.2, 0.25) is 5.02 Å². The topological polar surface area (TPSA) is 109 Å². The van der Waals surface area contributed by atoms with Crippen molar-refractivity contribution in [1.82, 2.24) is 9.29 Å². The molecule has 0 saturated carbocycles. The van der Waals surface area contributed by atoms with Crippen molar-refractivity contribution in [2.75, 3.05) is 18.8 Å². The minimum Gasteiger partial charge on any atom is -0.489 e. The van der Waals surface area contributed by atoms with Crippen LogP contribution < -0.4 is 10.5 Å². The Hall–Kier alpha value is -2.39. The molecular formula is C23H27ClN3O4S+. The molecule has 0 bridgehead atoms. The number of aromatic nitrogens is 1. The molecule has 1 atom stereocenters. The van der Waals surface area contributed by atoms with Crippen LogP contribution in [0.25, 0.3) is 10.9 Å². The molecule has 1 unspecified atom stereocenters. The van der Waals surface area contributed by atoms with Crippen LogP contribution in [-0.4, -0.2) is 38.6 Å². The van der Waals surface area contributed by atoms with Gasteiger partial charge in [-0.1, -0.05) is 28.0 Å². The van der Waals surface area contributed by atoms with Gasteiger partial charge >= 0.3 is 0 Å². The van der Waals surface area contributed by atoms with E-state index in [2.05, 4.69) is 4.98 Å². The third-order valence-electron chi connectivity index (χ3n) is 6.05. The van der Waals surface area contributed by atoms with Gasteiger partial charge < -0.3 is 15.5 Å². The van der Waals surface area contributed by atoms with Gasteiger partial charge in [0.1, 0.15) is 12.4 Å². The van der Waals surface area contributed by atoms with E-state index in [1.54, 1.807) is 29.4 Å². The highest BCUT2D eigenvalue weighted by molar-refractivity contribution is 7.95. The number of ether oxygens (including phenoxy) is 1. The molecule has 4 rings (SSSR count). The zero-order valence-electron chi connectivity index (χ0n) is 17.8.